The third-order valence-corrected chi connectivity index (χ3v) is 3.61. The van der Waals surface area contributed by atoms with Crippen LogP contribution in [0.25, 0.3) is 0 Å². The van der Waals surface area contributed by atoms with E-state index in [1.165, 1.54) is 0 Å². The molecule has 2 aromatic rings. The quantitative estimate of drug-likeness (QED) is 0.394. The Labute approximate surface area is 117 Å². The number of hydrogen-bond acceptors (Lipinski definition) is 4. The van der Waals surface area contributed by atoms with Crippen LogP contribution < -0.4 is 5.73 Å². The van der Waals surface area contributed by atoms with Gasteiger partial charge < -0.3 is 10.9 Å². The van der Waals surface area contributed by atoms with Gasteiger partial charge in [0.1, 0.15) is 5.69 Å². The largest absolute Gasteiger partial charge is 0.409 e. The zero-order chi connectivity index (χ0) is 13.0. The Morgan fingerprint density at radius 1 is 1.28 bits per heavy atom. The molecule has 0 aliphatic rings. The Balaban J connectivity index is 2.24. The summed E-state index contributed by atoms with van der Waals surface area (Å²) in [5, 5.41) is 11.6. The summed E-state index contributed by atoms with van der Waals surface area (Å²) < 4.78 is 1.03. The number of amidine groups is 1. The van der Waals surface area contributed by atoms with E-state index in [4.69, 9.17) is 10.9 Å². The van der Waals surface area contributed by atoms with Gasteiger partial charge in [0.25, 0.3) is 0 Å². The molecule has 3 N–H and O–H groups in total. The number of halogens is 1. The van der Waals surface area contributed by atoms with Crippen LogP contribution in [0, 0.1) is 0 Å². The predicted octanol–water partition coefficient (Wildman–Crippen LogP) is 3.09. The van der Waals surface area contributed by atoms with Gasteiger partial charge >= 0.3 is 0 Å². The molecule has 0 bridgehead atoms. The lowest BCUT2D eigenvalue weighted by molar-refractivity contribution is 0.318. The highest BCUT2D eigenvalue weighted by Gasteiger charge is 2.04. The first kappa shape index (κ1) is 12.9. The minimum Gasteiger partial charge on any atom is -0.409 e. The molecule has 0 fully saturated rings. The van der Waals surface area contributed by atoms with Crippen LogP contribution in [-0.4, -0.2) is 16.0 Å². The van der Waals surface area contributed by atoms with Crippen molar-refractivity contribution in [3.8, 4) is 0 Å². The summed E-state index contributed by atoms with van der Waals surface area (Å²) in [6.07, 6.45) is 1.63. The molecule has 6 heteroatoms. The summed E-state index contributed by atoms with van der Waals surface area (Å²) in [4.78, 5) is 6.11. The first-order valence-corrected chi connectivity index (χ1v) is 6.67. The van der Waals surface area contributed by atoms with Gasteiger partial charge in [0.05, 0.1) is 0 Å². The van der Waals surface area contributed by atoms with Gasteiger partial charge in [-0.05, 0) is 30.3 Å². The highest BCUT2D eigenvalue weighted by atomic mass is 79.9. The van der Waals surface area contributed by atoms with Gasteiger partial charge in [0.15, 0.2) is 5.84 Å². The molecule has 0 saturated carbocycles. The second-order valence-electron chi connectivity index (χ2n) is 3.42. The second-order valence-corrected chi connectivity index (χ2v) is 5.48. The van der Waals surface area contributed by atoms with Crippen molar-refractivity contribution in [2.24, 2.45) is 10.9 Å². The zero-order valence-electron chi connectivity index (χ0n) is 9.25. The molecule has 0 radical (unpaired) electrons. The Hall–Kier alpha value is -1.53. The Morgan fingerprint density at radius 3 is 2.78 bits per heavy atom. The van der Waals surface area contributed by atoms with Crippen LogP contribution in [0.2, 0.25) is 0 Å². The van der Waals surface area contributed by atoms with Crippen molar-refractivity contribution in [3.63, 3.8) is 0 Å². The molecular weight excluding hydrogens is 314 g/mol. The fourth-order valence-electron chi connectivity index (χ4n) is 1.33. The van der Waals surface area contributed by atoms with Crippen LogP contribution >= 0.6 is 27.7 Å². The standard InChI is InChI=1S/C12H10BrN3OS/c13-8-2-1-3-9(6-8)18-10-4-5-15-11(7-10)12(14)16-17/h1-7,17H,(H2,14,16). The van der Waals surface area contributed by atoms with Gasteiger partial charge in [0.2, 0.25) is 0 Å². The van der Waals surface area contributed by atoms with Crippen LogP contribution in [0.3, 0.4) is 0 Å². The molecule has 0 amide bonds. The van der Waals surface area contributed by atoms with Crippen molar-refractivity contribution in [3.05, 3.63) is 52.8 Å². The lowest BCUT2D eigenvalue weighted by Gasteiger charge is -2.04. The fraction of sp³-hybridized carbons (Fsp3) is 0. The maximum Gasteiger partial charge on any atom is 0.188 e. The second kappa shape index (κ2) is 5.88. The number of nitrogens with zero attached hydrogens (tertiary/aromatic N) is 2. The molecular formula is C12H10BrN3OS. The topological polar surface area (TPSA) is 71.5 Å². The molecule has 0 unspecified atom stereocenters. The van der Waals surface area contributed by atoms with E-state index in [9.17, 15) is 0 Å². The van der Waals surface area contributed by atoms with Crippen LogP contribution in [-0.2, 0) is 0 Å². The summed E-state index contributed by atoms with van der Waals surface area (Å²) in [5.74, 6) is 0.00620. The maximum atomic E-state index is 8.62. The molecule has 0 atom stereocenters. The average Bonchev–Trinajstić information content (AvgIpc) is 2.38. The highest BCUT2D eigenvalue weighted by molar-refractivity contribution is 9.10. The SMILES string of the molecule is NC(=NO)c1cc(Sc2cccc(Br)c2)ccn1. The smallest absolute Gasteiger partial charge is 0.188 e. The molecule has 0 aliphatic carbocycles. The van der Waals surface area contributed by atoms with E-state index in [-0.39, 0.29) is 5.84 Å². The van der Waals surface area contributed by atoms with Crippen molar-refractivity contribution >= 4 is 33.5 Å². The average molecular weight is 324 g/mol. The van der Waals surface area contributed by atoms with Crippen molar-refractivity contribution in [2.45, 2.75) is 9.79 Å². The van der Waals surface area contributed by atoms with Crippen LogP contribution in [0.5, 0.6) is 0 Å². The van der Waals surface area contributed by atoms with Gasteiger partial charge in [-0.3, -0.25) is 4.98 Å². The zero-order valence-corrected chi connectivity index (χ0v) is 11.6. The van der Waals surface area contributed by atoms with Gasteiger partial charge in [0, 0.05) is 20.5 Å². The Kier molecular flexibility index (Phi) is 4.22. The summed E-state index contributed by atoms with van der Waals surface area (Å²) in [6.45, 7) is 0. The maximum absolute atomic E-state index is 8.62. The van der Waals surface area contributed by atoms with Crippen LogP contribution in [0.1, 0.15) is 5.69 Å². The van der Waals surface area contributed by atoms with Gasteiger partial charge in [-0.15, -0.1) is 0 Å². The van der Waals surface area contributed by atoms with E-state index >= 15 is 0 Å². The van der Waals surface area contributed by atoms with Crippen molar-refractivity contribution in [1.82, 2.24) is 4.98 Å². The fourth-order valence-corrected chi connectivity index (χ4v) is 2.79. The van der Waals surface area contributed by atoms with Crippen LogP contribution in [0.4, 0.5) is 0 Å². The van der Waals surface area contributed by atoms with Gasteiger partial charge in [-0.25, -0.2) is 0 Å². The van der Waals surface area contributed by atoms with Gasteiger partial charge in [-0.2, -0.15) is 0 Å². The molecule has 1 aromatic carbocycles. The molecule has 92 valence electrons. The van der Waals surface area contributed by atoms with E-state index in [1.54, 1.807) is 24.0 Å². The summed E-state index contributed by atoms with van der Waals surface area (Å²) in [7, 11) is 0. The highest BCUT2D eigenvalue weighted by Crippen LogP contribution is 2.29. The molecule has 1 heterocycles. The molecule has 0 spiro atoms. The number of nitrogens with two attached hydrogens (primary N) is 1. The number of hydrogen-bond donors (Lipinski definition) is 2. The molecule has 0 saturated heterocycles. The summed E-state index contributed by atoms with van der Waals surface area (Å²) in [5.41, 5.74) is 5.96. The first-order valence-electron chi connectivity index (χ1n) is 5.06. The van der Waals surface area contributed by atoms with Crippen molar-refractivity contribution < 1.29 is 5.21 Å². The number of aromatic nitrogens is 1. The minimum absolute atomic E-state index is 0.00620. The molecule has 2 rings (SSSR count). The van der Waals surface area contributed by atoms with Crippen LogP contribution in [0.15, 0.2) is 62.0 Å². The van der Waals surface area contributed by atoms with E-state index in [0.717, 1.165) is 14.3 Å². The lowest BCUT2D eigenvalue weighted by atomic mass is 10.3. The monoisotopic (exact) mass is 323 g/mol. The summed E-state index contributed by atoms with van der Waals surface area (Å²) >= 11 is 5.01. The van der Waals surface area contributed by atoms with Gasteiger partial charge in [-0.1, -0.05) is 38.9 Å². The van der Waals surface area contributed by atoms with E-state index in [0.29, 0.717) is 5.69 Å². The predicted molar refractivity (Wildman–Crippen MR) is 75.0 cm³/mol. The Morgan fingerprint density at radius 2 is 2.06 bits per heavy atom. The van der Waals surface area contributed by atoms with Crippen molar-refractivity contribution in [1.29, 1.82) is 0 Å². The first-order chi connectivity index (χ1) is 8.69. The number of pyridine rings is 1. The minimum atomic E-state index is 0.00620. The number of benzene rings is 1. The van der Waals surface area contributed by atoms with E-state index < -0.39 is 0 Å². The van der Waals surface area contributed by atoms with E-state index in [2.05, 4.69) is 26.1 Å². The number of oxime groups is 1. The van der Waals surface area contributed by atoms with E-state index in [1.807, 2.05) is 30.3 Å². The summed E-state index contributed by atoms with van der Waals surface area (Å²) in [6, 6.07) is 11.6. The normalized spacial score (nSPS) is 11.5. The lowest BCUT2D eigenvalue weighted by Crippen LogP contribution is -2.14. The molecule has 4 nitrogen and oxygen atoms in total. The molecule has 18 heavy (non-hydrogen) atoms. The third kappa shape index (κ3) is 3.24. The number of rotatable bonds is 3. The third-order valence-electron chi connectivity index (χ3n) is 2.13. The molecule has 0 aliphatic heterocycles. The Bertz CT molecular complexity index is 589. The molecule has 1 aromatic heterocycles. The van der Waals surface area contributed by atoms with Crippen molar-refractivity contribution in [2.75, 3.05) is 0 Å².